The average molecular weight is 596 g/mol. The minimum Gasteiger partial charge on any atom is -0.497 e. The molecule has 0 bridgehead atoms. The summed E-state index contributed by atoms with van der Waals surface area (Å²) in [5.41, 5.74) is 0.482. The smallest absolute Gasteiger partial charge is 0.264 e. The van der Waals surface area contributed by atoms with Crippen molar-refractivity contribution in [2.75, 3.05) is 18.0 Å². The summed E-state index contributed by atoms with van der Waals surface area (Å²) in [4.78, 5) is 29.0. The van der Waals surface area contributed by atoms with Gasteiger partial charge in [-0.2, -0.15) is 0 Å². The second-order valence-electron chi connectivity index (χ2n) is 10.4. The van der Waals surface area contributed by atoms with Crippen molar-refractivity contribution in [1.29, 1.82) is 0 Å². The number of carbonyl (C=O) groups is 2. The predicted molar refractivity (Wildman–Crippen MR) is 160 cm³/mol. The number of hydrogen-bond acceptors (Lipinski definition) is 5. The molecule has 1 aliphatic carbocycles. The molecule has 224 valence electrons. The predicted octanol–water partition coefficient (Wildman–Crippen LogP) is 5.29. The molecule has 3 aromatic rings. The molecule has 0 unspecified atom stereocenters. The standard InChI is InChI=1S/C32H38FN3O5S/c1-3-29(32(38)34-25-12-6-4-7-13-25)35(22-24-18-20-26(41-2)21-19-24)31(37)23-36(30-17-11-10-16-28(30)33)42(39,40)27-14-8-5-9-15-27/h5,8-11,14-21,25,29H,3-4,6-7,12-13,22-23H2,1-2H3,(H,34,38)/t29-/m1/s1. The lowest BCUT2D eigenvalue weighted by Crippen LogP contribution is -2.54. The van der Waals surface area contributed by atoms with Gasteiger partial charge in [0.2, 0.25) is 11.8 Å². The molecule has 1 aliphatic rings. The van der Waals surface area contributed by atoms with Crippen molar-refractivity contribution in [2.24, 2.45) is 0 Å². The molecule has 1 fully saturated rings. The number of ether oxygens (including phenoxy) is 1. The van der Waals surface area contributed by atoms with Crippen molar-refractivity contribution >= 4 is 27.5 Å². The fourth-order valence-corrected chi connectivity index (χ4v) is 6.72. The number of benzene rings is 3. The van der Waals surface area contributed by atoms with E-state index in [0.717, 1.165) is 48.0 Å². The summed E-state index contributed by atoms with van der Waals surface area (Å²) >= 11 is 0. The minimum atomic E-state index is -4.33. The van der Waals surface area contributed by atoms with Crippen LogP contribution >= 0.6 is 0 Å². The van der Waals surface area contributed by atoms with E-state index in [9.17, 15) is 18.0 Å². The van der Waals surface area contributed by atoms with E-state index >= 15 is 4.39 Å². The van der Waals surface area contributed by atoms with Crippen LogP contribution in [0.2, 0.25) is 0 Å². The minimum absolute atomic E-state index is 0.0339. The van der Waals surface area contributed by atoms with Gasteiger partial charge in [-0.05, 0) is 61.2 Å². The molecule has 0 heterocycles. The van der Waals surface area contributed by atoms with Gasteiger partial charge in [0, 0.05) is 12.6 Å². The van der Waals surface area contributed by atoms with Crippen LogP contribution in [0.5, 0.6) is 5.75 Å². The molecule has 1 atom stereocenters. The summed E-state index contributed by atoms with van der Waals surface area (Å²) in [6.07, 6.45) is 5.27. The van der Waals surface area contributed by atoms with Gasteiger partial charge in [-0.25, -0.2) is 12.8 Å². The zero-order valence-corrected chi connectivity index (χ0v) is 24.9. The van der Waals surface area contributed by atoms with E-state index in [1.165, 1.54) is 35.2 Å². The third-order valence-electron chi connectivity index (χ3n) is 7.58. The number of anilines is 1. The third kappa shape index (κ3) is 7.47. The van der Waals surface area contributed by atoms with E-state index < -0.39 is 34.3 Å². The molecule has 1 N–H and O–H groups in total. The van der Waals surface area contributed by atoms with Gasteiger partial charge in [-0.15, -0.1) is 0 Å². The van der Waals surface area contributed by atoms with E-state index in [4.69, 9.17) is 4.74 Å². The van der Waals surface area contributed by atoms with Crippen molar-refractivity contribution in [1.82, 2.24) is 10.2 Å². The number of nitrogens with one attached hydrogen (secondary N) is 1. The van der Waals surface area contributed by atoms with E-state index in [1.807, 2.05) is 6.92 Å². The topological polar surface area (TPSA) is 96.0 Å². The molecule has 42 heavy (non-hydrogen) atoms. The quantitative estimate of drug-likeness (QED) is 0.307. The van der Waals surface area contributed by atoms with Gasteiger partial charge in [-0.3, -0.25) is 13.9 Å². The highest BCUT2D eigenvalue weighted by atomic mass is 32.2. The summed E-state index contributed by atoms with van der Waals surface area (Å²) in [5, 5.41) is 3.11. The number of methoxy groups -OCH3 is 1. The molecule has 0 saturated heterocycles. The van der Waals surface area contributed by atoms with Crippen LogP contribution in [0.15, 0.2) is 83.8 Å². The van der Waals surface area contributed by atoms with Gasteiger partial charge in [0.1, 0.15) is 24.2 Å². The Balaban J connectivity index is 1.70. The van der Waals surface area contributed by atoms with Gasteiger partial charge < -0.3 is 15.0 Å². The number of rotatable bonds is 12. The van der Waals surface area contributed by atoms with Gasteiger partial charge in [0.05, 0.1) is 17.7 Å². The molecule has 0 radical (unpaired) electrons. The molecule has 0 aromatic heterocycles. The molecular formula is C32H38FN3O5S. The molecule has 0 aliphatic heterocycles. The van der Waals surface area contributed by atoms with Crippen LogP contribution in [0.3, 0.4) is 0 Å². The Kier molecular flexibility index (Phi) is 10.6. The van der Waals surface area contributed by atoms with Gasteiger partial charge in [-0.1, -0.05) is 68.7 Å². The van der Waals surface area contributed by atoms with Gasteiger partial charge >= 0.3 is 0 Å². The Labute approximate surface area is 247 Å². The third-order valence-corrected chi connectivity index (χ3v) is 9.35. The van der Waals surface area contributed by atoms with E-state index in [0.29, 0.717) is 12.2 Å². The van der Waals surface area contributed by atoms with E-state index in [1.54, 1.807) is 49.6 Å². The Morgan fingerprint density at radius 2 is 1.60 bits per heavy atom. The number of carbonyl (C=O) groups excluding carboxylic acids is 2. The molecule has 10 heteroatoms. The van der Waals surface area contributed by atoms with Crippen molar-refractivity contribution in [3.8, 4) is 5.75 Å². The normalized spacial score (nSPS) is 14.5. The highest BCUT2D eigenvalue weighted by Crippen LogP contribution is 2.27. The maximum Gasteiger partial charge on any atom is 0.264 e. The highest BCUT2D eigenvalue weighted by Gasteiger charge is 2.35. The number of para-hydroxylation sites is 1. The number of sulfonamides is 1. The van der Waals surface area contributed by atoms with Crippen molar-refractivity contribution < 1.29 is 27.1 Å². The highest BCUT2D eigenvalue weighted by molar-refractivity contribution is 7.92. The van der Waals surface area contributed by atoms with Crippen LogP contribution in [-0.4, -0.2) is 50.9 Å². The lowest BCUT2D eigenvalue weighted by atomic mass is 9.95. The zero-order valence-electron chi connectivity index (χ0n) is 24.0. The van der Waals surface area contributed by atoms with E-state index in [-0.39, 0.29) is 29.1 Å². The van der Waals surface area contributed by atoms with Gasteiger partial charge in [0.15, 0.2) is 0 Å². The first kappa shape index (κ1) is 31.0. The number of halogens is 1. The maximum absolute atomic E-state index is 15.1. The van der Waals surface area contributed by atoms with Crippen LogP contribution < -0.4 is 14.4 Å². The van der Waals surface area contributed by atoms with Crippen LogP contribution in [0.4, 0.5) is 10.1 Å². The van der Waals surface area contributed by atoms with Gasteiger partial charge in [0.25, 0.3) is 10.0 Å². The summed E-state index contributed by atoms with van der Waals surface area (Å²) in [7, 11) is -2.78. The largest absolute Gasteiger partial charge is 0.497 e. The first-order chi connectivity index (χ1) is 20.2. The number of nitrogens with zero attached hydrogens (tertiary/aromatic N) is 2. The van der Waals surface area contributed by atoms with Crippen LogP contribution in [-0.2, 0) is 26.2 Å². The second-order valence-corrected chi connectivity index (χ2v) is 12.3. The van der Waals surface area contributed by atoms with E-state index in [2.05, 4.69) is 5.32 Å². The summed E-state index contributed by atoms with van der Waals surface area (Å²) in [6, 6.07) is 19.3. The summed E-state index contributed by atoms with van der Waals surface area (Å²) < 4.78 is 48.7. The second kappa shape index (κ2) is 14.3. The Bertz CT molecular complexity index is 1440. The van der Waals surface area contributed by atoms with Crippen molar-refractivity contribution in [2.45, 2.75) is 69.0 Å². The Morgan fingerprint density at radius 1 is 0.952 bits per heavy atom. The Morgan fingerprint density at radius 3 is 2.21 bits per heavy atom. The first-order valence-corrected chi connectivity index (χ1v) is 15.7. The van der Waals surface area contributed by atoms with Crippen molar-refractivity contribution in [3.05, 3.63) is 90.2 Å². The summed E-state index contributed by atoms with van der Waals surface area (Å²) in [5.74, 6) is -1.05. The molecule has 1 saturated carbocycles. The number of hydrogen-bond donors (Lipinski definition) is 1. The fraction of sp³-hybridized carbons (Fsp3) is 0.375. The molecule has 0 spiro atoms. The SMILES string of the molecule is CC[C@H](C(=O)NC1CCCCC1)N(Cc1ccc(OC)cc1)C(=O)CN(c1ccccc1F)S(=O)(=O)c1ccccc1. The fourth-order valence-electron chi connectivity index (χ4n) is 5.28. The molecule has 4 rings (SSSR count). The Hall–Kier alpha value is -3.92. The first-order valence-electron chi connectivity index (χ1n) is 14.3. The molecule has 2 amide bonds. The van der Waals surface area contributed by atoms with Crippen LogP contribution in [0, 0.1) is 5.82 Å². The summed E-state index contributed by atoms with van der Waals surface area (Å²) in [6.45, 7) is 1.17. The molecule has 8 nitrogen and oxygen atoms in total. The lowest BCUT2D eigenvalue weighted by molar-refractivity contribution is -0.140. The lowest BCUT2D eigenvalue weighted by Gasteiger charge is -2.34. The zero-order chi connectivity index (χ0) is 30.1. The average Bonchev–Trinajstić information content (AvgIpc) is 3.01. The van der Waals surface area contributed by atoms with Crippen molar-refractivity contribution in [3.63, 3.8) is 0 Å². The van der Waals surface area contributed by atoms with Crippen LogP contribution in [0.1, 0.15) is 51.0 Å². The number of amides is 2. The molecule has 3 aromatic carbocycles. The van der Waals surface area contributed by atoms with Crippen LogP contribution in [0.25, 0.3) is 0 Å². The maximum atomic E-state index is 15.1. The monoisotopic (exact) mass is 595 g/mol. The molecular weight excluding hydrogens is 557 g/mol.